The van der Waals surface area contributed by atoms with Gasteiger partial charge in [-0.1, -0.05) is 115 Å². The zero-order valence-corrected chi connectivity index (χ0v) is 23.5. The summed E-state index contributed by atoms with van der Waals surface area (Å²) >= 11 is 0. The first-order valence-electron chi connectivity index (χ1n) is 14.9. The Balaban J connectivity index is 1.50. The maximum atomic E-state index is 7.04. The standard InChI is InChI=1S/C40H23N3O/c1-2-13-25(14-3-1)36-40(42-32-20-10-9-19-31(32)41-36)43-33-21-11-8-18-29(33)34-27-16-6-7-17-28(27)35-30-23-22-24-12-4-5-15-26(24)38(30)44-39(35)37(34)43/h1-23H. The number of hydrogen-bond donors (Lipinski definition) is 0. The van der Waals surface area contributed by atoms with Crippen LogP contribution >= 0.6 is 0 Å². The average Bonchev–Trinajstić information content (AvgIpc) is 3.65. The Bertz CT molecular complexity index is 2770. The third kappa shape index (κ3) is 3.11. The molecular formula is C40H23N3O. The molecule has 204 valence electrons. The molecule has 0 unspecified atom stereocenters. The summed E-state index contributed by atoms with van der Waals surface area (Å²) < 4.78 is 9.33. The zero-order chi connectivity index (χ0) is 28.8. The van der Waals surface area contributed by atoms with Crippen LogP contribution in [-0.2, 0) is 0 Å². The predicted molar refractivity (Wildman–Crippen MR) is 182 cm³/mol. The van der Waals surface area contributed by atoms with Gasteiger partial charge < -0.3 is 4.42 Å². The number of aromatic nitrogens is 3. The molecule has 0 aliphatic carbocycles. The largest absolute Gasteiger partial charge is 0.453 e. The van der Waals surface area contributed by atoms with Gasteiger partial charge in [-0.15, -0.1) is 0 Å². The lowest BCUT2D eigenvalue weighted by molar-refractivity contribution is 0.675. The minimum atomic E-state index is 0.781. The number of benzene rings is 7. The maximum absolute atomic E-state index is 7.04. The van der Waals surface area contributed by atoms with E-state index in [4.69, 9.17) is 14.4 Å². The molecule has 3 aromatic heterocycles. The summed E-state index contributed by atoms with van der Waals surface area (Å²) in [5, 5.41) is 9.18. The minimum Gasteiger partial charge on any atom is -0.453 e. The maximum Gasteiger partial charge on any atom is 0.165 e. The van der Waals surface area contributed by atoms with Crippen LogP contribution in [0.3, 0.4) is 0 Å². The second kappa shape index (κ2) is 8.76. The molecule has 44 heavy (non-hydrogen) atoms. The molecule has 0 N–H and O–H groups in total. The van der Waals surface area contributed by atoms with E-state index in [1.807, 2.05) is 30.3 Å². The van der Waals surface area contributed by atoms with Gasteiger partial charge in [-0.05, 0) is 40.4 Å². The summed E-state index contributed by atoms with van der Waals surface area (Å²) in [5.74, 6) is 0.781. The molecule has 0 saturated carbocycles. The molecule has 7 aromatic carbocycles. The predicted octanol–water partition coefficient (Wildman–Crippen LogP) is 10.6. The molecule has 10 aromatic rings. The van der Waals surface area contributed by atoms with Crippen molar-refractivity contribution in [1.29, 1.82) is 0 Å². The summed E-state index contributed by atoms with van der Waals surface area (Å²) in [4.78, 5) is 10.6. The quantitative estimate of drug-likeness (QED) is 0.211. The van der Waals surface area contributed by atoms with Crippen molar-refractivity contribution in [3.8, 4) is 17.1 Å². The van der Waals surface area contributed by atoms with Gasteiger partial charge in [-0.3, -0.25) is 4.57 Å². The Labute approximate surface area is 251 Å². The van der Waals surface area contributed by atoms with Crippen molar-refractivity contribution in [1.82, 2.24) is 14.5 Å². The summed E-state index contributed by atoms with van der Waals surface area (Å²) in [6, 6.07) is 48.6. The van der Waals surface area contributed by atoms with Crippen molar-refractivity contribution in [3.05, 3.63) is 140 Å². The SMILES string of the molecule is c1ccc(-c2nc3ccccc3nc2-n2c3ccccc3c3c4ccccc4c4c5ccc6ccccc6c5oc4c32)cc1. The molecule has 0 amide bonds. The monoisotopic (exact) mass is 561 g/mol. The fourth-order valence-corrected chi connectivity index (χ4v) is 7.06. The molecule has 3 heterocycles. The van der Waals surface area contributed by atoms with E-state index in [-0.39, 0.29) is 0 Å². The number of fused-ring (bicyclic) bond motifs is 13. The Kier molecular flexibility index (Phi) is 4.69. The van der Waals surface area contributed by atoms with Crippen LogP contribution in [0, 0.1) is 0 Å². The first kappa shape index (κ1) is 23.6. The van der Waals surface area contributed by atoms with E-state index in [0.29, 0.717) is 0 Å². The molecule has 0 atom stereocenters. The van der Waals surface area contributed by atoms with Crippen LogP contribution in [0.4, 0.5) is 0 Å². The molecular weight excluding hydrogens is 538 g/mol. The van der Waals surface area contributed by atoms with Gasteiger partial charge in [0.1, 0.15) is 11.3 Å². The molecule has 0 aliphatic rings. The highest BCUT2D eigenvalue weighted by Crippen LogP contribution is 2.47. The first-order valence-corrected chi connectivity index (χ1v) is 14.9. The lowest BCUT2D eigenvalue weighted by atomic mass is 9.98. The lowest BCUT2D eigenvalue weighted by Crippen LogP contribution is -2.03. The average molecular weight is 562 g/mol. The Morgan fingerprint density at radius 2 is 1.09 bits per heavy atom. The van der Waals surface area contributed by atoms with E-state index in [2.05, 4.69) is 114 Å². The van der Waals surface area contributed by atoms with Gasteiger partial charge in [0.2, 0.25) is 0 Å². The van der Waals surface area contributed by atoms with Crippen LogP contribution in [0.5, 0.6) is 0 Å². The van der Waals surface area contributed by atoms with Crippen LogP contribution < -0.4 is 0 Å². The number of hydrogen-bond acceptors (Lipinski definition) is 3. The van der Waals surface area contributed by atoms with E-state index in [9.17, 15) is 0 Å². The minimum absolute atomic E-state index is 0.781. The summed E-state index contributed by atoms with van der Waals surface area (Å²) in [6.07, 6.45) is 0. The van der Waals surface area contributed by atoms with Gasteiger partial charge in [-0.25, -0.2) is 9.97 Å². The van der Waals surface area contributed by atoms with Gasteiger partial charge in [0, 0.05) is 32.5 Å². The van der Waals surface area contributed by atoms with Gasteiger partial charge in [-0.2, -0.15) is 0 Å². The van der Waals surface area contributed by atoms with Crippen molar-refractivity contribution in [3.63, 3.8) is 0 Å². The fourth-order valence-electron chi connectivity index (χ4n) is 7.06. The van der Waals surface area contributed by atoms with Crippen LogP contribution in [0.15, 0.2) is 144 Å². The Hall–Kier alpha value is -6.00. The number of para-hydroxylation sites is 3. The van der Waals surface area contributed by atoms with Crippen molar-refractivity contribution in [2.75, 3.05) is 0 Å². The lowest BCUT2D eigenvalue weighted by Gasteiger charge is -2.14. The zero-order valence-electron chi connectivity index (χ0n) is 23.5. The Morgan fingerprint density at radius 1 is 0.455 bits per heavy atom. The normalized spacial score (nSPS) is 12.1. The molecule has 0 saturated heterocycles. The third-order valence-corrected chi connectivity index (χ3v) is 8.95. The van der Waals surface area contributed by atoms with E-state index in [1.165, 1.54) is 10.8 Å². The van der Waals surface area contributed by atoms with E-state index in [1.54, 1.807) is 0 Å². The summed E-state index contributed by atoms with van der Waals surface area (Å²) in [7, 11) is 0. The van der Waals surface area contributed by atoms with E-state index >= 15 is 0 Å². The summed E-state index contributed by atoms with van der Waals surface area (Å²) in [6.45, 7) is 0. The van der Waals surface area contributed by atoms with Gasteiger partial charge >= 0.3 is 0 Å². The molecule has 0 bridgehead atoms. The van der Waals surface area contributed by atoms with Crippen molar-refractivity contribution < 1.29 is 4.42 Å². The van der Waals surface area contributed by atoms with Crippen molar-refractivity contribution in [2.45, 2.75) is 0 Å². The molecule has 4 heteroatoms. The topological polar surface area (TPSA) is 43.9 Å². The molecule has 0 spiro atoms. The molecule has 0 aliphatic heterocycles. The van der Waals surface area contributed by atoms with Crippen LogP contribution in [-0.4, -0.2) is 14.5 Å². The molecule has 10 rings (SSSR count). The van der Waals surface area contributed by atoms with Gasteiger partial charge in [0.15, 0.2) is 11.4 Å². The first-order chi connectivity index (χ1) is 21.8. The highest BCUT2D eigenvalue weighted by molar-refractivity contribution is 6.36. The second-order valence-corrected chi connectivity index (χ2v) is 11.3. The van der Waals surface area contributed by atoms with E-state index in [0.717, 1.165) is 82.6 Å². The van der Waals surface area contributed by atoms with Crippen LogP contribution in [0.2, 0.25) is 0 Å². The Morgan fingerprint density at radius 3 is 1.91 bits per heavy atom. The number of rotatable bonds is 2. The summed E-state index contributed by atoms with van der Waals surface area (Å²) in [5.41, 5.74) is 7.38. The van der Waals surface area contributed by atoms with Crippen molar-refractivity contribution >= 4 is 76.3 Å². The highest BCUT2D eigenvalue weighted by atomic mass is 16.3. The second-order valence-electron chi connectivity index (χ2n) is 11.3. The van der Waals surface area contributed by atoms with Gasteiger partial charge in [0.25, 0.3) is 0 Å². The third-order valence-electron chi connectivity index (χ3n) is 8.95. The molecule has 0 fully saturated rings. The number of furan rings is 1. The smallest absolute Gasteiger partial charge is 0.165 e. The van der Waals surface area contributed by atoms with Crippen molar-refractivity contribution in [2.24, 2.45) is 0 Å². The number of nitrogens with zero attached hydrogens (tertiary/aromatic N) is 3. The van der Waals surface area contributed by atoms with Crippen LogP contribution in [0.25, 0.3) is 93.4 Å². The van der Waals surface area contributed by atoms with Crippen LogP contribution in [0.1, 0.15) is 0 Å². The van der Waals surface area contributed by atoms with Gasteiger partial charge in [0.05, 0.1) is 22.1 Å². The highest BCUT2D eigenvalue weighted by Gasteiger charge is 2.25. The molecule has 0 radical (unpaired) electrons. The molecule has 4 nitrogen and oxygen atoms in total. The fraction of sp³-hybridized carbons (Fsp3) is 0. The van der Waals surface area contributed by atoms with E-state index < -0.39 is 0 Å².